The molecule has 1 unspecified atom stereocenters. The zero-order valence-corrected chi connectivity index (χ0v) is 10.0. The molecule has 0 radical (unpaired) electrons. The molecule has 1 amide bonds. The first kappa shape index (κ1) is 14.2. The zero-order valence-electron chi connectivity index (χ0n) is 10.0. The van der Waals surface area contributed by atoms with Crippen LogP contribution in [0, 0.1) is 5.92 Å². The Morgan fingerprint density at radius 3 is 2.65 bits per heavy atom. The summed E-state index contributed by atoms with van der Waals surface area (Å²) in [5.41, 5.74) is 0.331. The number of para-hydroxylation sites is 1. The van der Waals surface area contributed by atoms with Crippen molar-refractivity contribution in [3.05, 3.63) is 23.8 Å². The third-order valence-corrected chi connectivity index (χ3v) is 2.85. The molecule has 1 aromatic carbocycles. The van der Waals surface area contributed by atoms with Crippen molar-refractivity contribution in [2.45, 2.75) is 12.6 Å². The van der Waals surface area contributed by atoms with Crippen LogP contribution in [-0.4, -0.2) is 29.8 Å². The summed E-state index contributed by atoms with van der Waals surface area (Å²) in [6.07, 6.45) is -4.86. The van der Waals surface area contributed by atoms with Gasteiger partial charge in [-0.3, -0.25) is 9.59 Å². The molecule has 0 fully saturated rings. The van der Waals surface area contributed by atoms with E-state index in [1.807, 2.05) is 0 Å². The number of halogens is 3. The molecule has 0 saturated heterocycles. The quantitative estimate of drug-likeness (QED) is 0.871. The molecule has 8 heteroatoms. The number of alkyl halides is 3. The Morgan fingerprint density at radius 2 is 2.05 bits per heavy atom. The largest absolute Gasteiger partial charge is 0.490 e. The number of aliphatic carboxylic acids is 1. The molecule has 0 spiro atoms. The average molecular weight is 289 g/mol. The van der Waals surface area contributed by atoms with Crippen LogP contribution in [0.15, 0.2) is 18.2 Å². The normalized spacial score (nSPS) is 17.9. The summed E-state index contributed by atoms with van der Waals surface area (Å²) in [5.74, 6) is -3.81. The number of benzene rings is 1. The Hall–Kier alpha value is -2.25. The standard InChI is InChI=1S/C12H10F3NO4/c13-12(14,15)11(19)16-8-3-1-2-6-4-7(10(17)18)5-20-9(6)8/h1-3,7H,4-5H2,(H,16,19)(H,17,18). The highest BCUT2D eigenvalue weighted by Crippen LogP contribution is 2.35. The van der Waals surface area contributed by atoms with Crippen LogP contribution in [0.4, 0.5) is 18.9 Å². The fourth-order valence-corrected chi connectivity index (χ4v) is 1.87. The smallest absolute Gasteiger partial charge is 0.471 e. The van der Waals surface area contributed by atoms with E-state index in [1.54, 1.807) is 11.4 Å². The number of ether oxygens (including phenoxy) is 1. The van der Waals surface area contributed by atoms with E-state index >= 15 is 0 Å². The lowest BCUT2D eigenvalue weighted by Crippen LogP contribution is -2.32. The van der Waals surface area contributed by atoms with E-state index in [9.17, 15) is 22.8 Å². The highest BCUT2D eigenvalue weighted by molar-refractivity contribution is 5.96. The number of fused-ring (bicyclic) bond motifs is 1. The van der Waals surface area contributed by atoms with Gasteiger partial charge in [-0.1, -0.05) is 12.1 Å². The summed E-state index contributed by atoms with van der Waals surface area (Å²) in [6, 6.07) is 4.25. The van der Waals surface area contributed by atoms with Crippen LogP contribution in [0.3, 0.4) is 0 Å². The Bertz CT molecular complexity index is 556. The number of carbonyl (C=O) groups is 2. The van der Waals surface area contributed by atoms with E-state index in [4.69, 9.17) is 9.84 Å². The minimum Gasteiger partial charge on any atom is -0.490 e. The van der Waals surface area contributed by atoms with Crippen molar-refractivity contribution < 1.29 is 32.6 Å². The van der Waals surface area contributed by atoms with Crippen molar-refractivity contribution in [3.63, 3.8) is 0 Å². The molecular weight excluding hydrogens is 279 g/mol. The van der Waals surface area contributed by atoms with Gasteiger partial charge in [0.1, 0.15) is 12.4 Å². The molecule has 1 heterocycles. The van der Waals surface area contributed by atoms with Gasteiger partial charge in [0.2, 0.25) is 0 Å². The van der Waals surface area contributed by atoms with Crippen molar-refractivity contribution in [2.24, 2.45) is 5.92 Å². The minimum atomic E-state index is -5.00. The third-order valence-electron chi connectivity index (χ3n) is 2.85. The second-order valence-corrected chi connectivity index (χ2v) is 4.30. The van der Waals surface area contributed by atoms with Crippen molar-refractivity contribution in [2.75, 3.05) is 11.9 Å². The van der Waals surface area contributed by atoms with E-state index < -0.39 is 24.0 Å². The van der Waals surface area contributed by atoms with Gasteiger partial charge in [-0.15, -0.1) is 0 Å². The van der Waals surface area contributed by atoms with Gasteiger partial charge < -0.3 is 15.2 Å². The van der Waals surface area contributed by atoms with E-state index in [0.717, 1.165) is 0 Å². The minimum absolute atomic E-state index is 0.0857. The molecular formula is C12H10F3NO4. The molecule has 5 nitrogen and oxygen atoms in total. The van der Waals surface area contributed by atoms with Crippen molar-refractivity contribution >= 4 is 17.6 Å². The maximum atomic E-state index is 12.2. The number of amides is 1. The fraction of sp³-hybridized carbons (Fsp3) is 0.333. The lowest BCUT2D eigenvalue weighted by molar-refractivity contribution is -0.167. The Morgan fingerprint density at radius 1 is 1.35 bits per heavy atom. The van der Waals surface area contributed by atoms with E-state index in [0.29, 0.717) is 5.56 Å². The second-order valence-electron chi connectivity index (χ2n) is 4.30. The van der Waals surface area contributed by atoms with Gasteiger partial charge in [-0.25, -0.2) is 0 Å². The molecule has 0 aromatic heterocycles. The summed E-state index contributed by atoms with van der Waals surface area (Å²) in [7, 11) is 0. The summed E-state index contributed by atoms with van der Waals surface area (Å²) in [4.78, 5) is 21.8. The molecule has 1 aliphatic rings. The van der Waals surface area contributed by atoms with Crippen LogP contribution in [-0.2, 0) is 16.0 Å². The maximum Gasteiger partial charge on any atom is 0.471 e. The number of hydrogen-bond donors (Lipinski definition) is 2. The number of carboxylic acids is 1. The maximum absolute atomic E-state index is 12.2. The molecule has 0 saturated carbocycles. The molecule has 1 atom stereocenters. The summed E-state index contributed by atoms with van der Waals surface area (Å²) >= 11 is 0. The van der Waals surface area contributed by atoms with E-state index in [-0.39, 0.29) is 24.5 Å². The Kier molecular flexibility index (Phi) is 3.56. The number of carboxylic acid groups (broad SMARTS) is 1. The van der Waals surface area contributed by atoms with Crippen LogP contribution >= 0.6 is 0 Å². The average Bonchev–Trinajstić information content (AvgIpc) is 2.37. The van der Waals surface area contributed by atoms with Gasteiger partial charge in [0.05, 0.1) is 11.6 Å². The molecule has 1 aromatic rings. The van der Waals surface area contributed by atoms with E-state index in [2.05, 4.69) is 0 Å². The lowest BCUT2D eigenvalue weighted by Gasteiger charge is -2.24. The van der Waals surface area contributed by atoms with Gasteiger partial charge >= 0.3 is 18.1 Å². The van der Waals surface area contributed by atoms with Gasteiger partial charge in [0.25, 0.3) is 0 Å². The number of hydrogen-bond acceptors (Lipinski definition) is 3. The van der Waals surface area contributed by atoms with Crippen LogP contribution in [0.1, 0.15) is 5.56 Å². The predicted molar refractivity (Wildman–Crippen MR) is 61.5 cm³/mol. The highest BCUT2D eigenvalue weighted by Gasteiger charge is 2.39. The predicted octanol–water partition coefficient (Wildman–Crippen LogP) is 1.82. The summed E-state index contributed by atoms with van der Waals surface area (Å²) in [6.45, 7) is -0.152. The summed E-state index contributed by atoms with van der Waals surface area (Å²) in [5, 5.41) is 10.6. The number of carbonyl (C=O) groups excluding carboxylic acids is 1. The first-order valence-corrected chi connectivity index (χ1v) is 5.64. The number of rotatable bonds is 2. The van der Waals surface area contributed by atoms with Crippen LogP contribution < -0.4 is 10.1 Å². The fourth-order valence-electron chi connectivity index (χ4n) is 1.87. The second kappa shape index (κ2) is 5.03. The van der Waals surface area contributed by atoms with Gasteiger partial charge in [-0.2, -0.15) is 13.2 Å². The van der Waals surface area contributed by atoms with Gasteiger partial charge in [0, 0.05) is 0 Å². The van der Waals surface area contributed by atoms with Crippen LogP contribution in [0.25, 0.3) is 0 Å². The Balaban J connectivity index is 2.24. The van der Waals surface area contributed by atoms with Crippen molar-refractivity contribution in [1.29, 1.82) is 0 Å². The van der Waals surface area contributed by atoms with Crippen LogP contribution in [0.2, 0.25) is 0 Å². The van der Waals surface area contributed by atoms with Crippen molar-refractivity contribution in [3.8, 4) is 5.75 Å². The lowest BCUT2D eigenvalue weighted by atomic mass is 9.96. The first-order chi connectivity index (χ1) is 9.29. The van der Waals surface area contributed by atoms with Gasteiger partial charge in [0.15, 0.2) is 0 Å². The molecule has 2 N–H and O–H groups in total. The zero-order chi connectivity index (χ0) is 14.9. The van der Waals surface area contributed by atoms with Crippen molar-refractivity contribution in [1.82, 2.24) is 0 Å². The number of nitrogens with one attached hydrogen (secondary N) is 1. The highest BCUT2D eigenvalue weighted by atomic mass is 19.4. The molecule has 0 aliphatic carbocycles. The third kappa shape index (κ3) is 2.84. The molecule has 2 rings (SSSR count). The first-order valence-electron chi connectivity index (χ1n) is 5.64. The SMILES string of the molecule is O=C(O)C1COc2c(cccc2NC(=O)C(F)(F)F)C1. The molecule has 0 bridgehead atoms. The summed E-state index contributed by atoms with van der Waals surface area (Å²) < 4.78 is 41.8. The molecule has 108 valence electrons. The Labute approximate surface area is 111 Å². The van der Waals surface area contributed by atoms with Gasteiger partial charge in [-0.05, 0) is 18.1 Å². The molecule has 20 heavy (non-hydrogen) atoms. The molecule has 1 aliphatic heterocycles. The van der Waals surface area contributed by atoms with E-state index in [1.165, 1.54) is 12.1 Å². The van der Waals surface area contributed by atoms with Crippen LogP contribution in [0.5, 0.6) is 5.75 Å². The number of anilines is 1. The topological polar surface area (TPSA) is 75.6 Å². The monoisotopic (exact) mass is 289 g/mol.